The van der Waals surface area contributed by atoms with Crippen LogP contribution in [0.25, 0.3) is 0 Å². The molecule has 1 saturated carbocycles. The number of guanidine groups is 1. The zero-order chi connectivity index (χ0) is 17.4. The van der Waals surface area contributed by atoms with Crippen LogP contribution < -0.4 is 10.6 Å². The minimum Gasteiger partial charge on any atom is -0.356 e. The fourth-order valence-corrected chi connectivity index (χ4v) is 4.26. The first-order valence-corrected chi connectivity index (χ1v) is 9.88. The summed E-state index contributed by atoms with van der Waals surface area (Å²) in [6.45, 7) is 7.30. The van der Waals surface area contributed by atoms with Crippen LogP contribution in [0.3, 0.4) is 0 Å². The van der Waals surface area contributed by atoms with E-state index in [0.29, 0.717) is 17.4 Å². The van der Waals surface area contributed by atoms with Crippen molar-refractivity contribution in [2.45, 2.75) is 77.7 Å². The first kappa shape index (κ1) is 22.5. The van der Waals surface area contributed by atoms with Crippen molar-refractivity contribution in [2.24, 2.45) is 10.4 Å². The number of halogens is 1. The molecule has 25 heavy (non-hydrogen) atoms. The molecule has 1 aliphatic carbocycles. The number of nitrogens with zero attached hydrogens (tertiary/aromatic N) is 2. The number of hydrogen-bond acceptors (Lipinski definition) is 2. The van der Waals surface area contributed by atoms with E-state index in [0.717, 1.165) is 51.3 Å². The molecule has 0 radical (unpaired) electrons. The number of carbonyl (C=O) groups is 1. The Morgan fingerprint density at radius 3 is 2.48 bits per heavy atom. The Bertz CT molecular complexity index is 435. The van der Waals surface area contributed by atoms with Gasteiger partial charge in [0.2, 0.25) is 5.91 Å². The molecular weight excluding hydrogens is 427 g/mol. The van der Waals surface area contributed by atoms with Crippen LogP contribution in [0, 0.1) is 5.41 Å². The van der Waals surface area contributed by atoms with Crippen molar-refractivity contribution in [2.75, 3.05) is 26.7 Å². The van der Waals surface area contributed by atoms with Gasteiger partial charge in [-0.25, -0.2) is 0 Å². The van der Waals surface area contributed by atoms with Crippen LogP contribution in [0.2, 0.25) is 0 Å². The lowest BCUT2D eigenvalue weighted by molar-refractivity contribution is -0.129. The minimum atomic E-state index is 0. The van der Waals surface area contributed by atoms with E-state index in [4.69, 9.17) is 0 Å². The SMILES string of the molecule is CCC(CCNC(=NC)NCC1(CC)CCCC1)N1CCCC1=O.I. The predicted octanol–water partition coefficient (Wildman–Crippen LogP) is 3.53. The van der Waals surface area contributed by atoms with E-state index >= 15 is 0 Å². The van der Waals surface area contributed by atoms with Crippen molar-refractivity contribution < 1.29 is 4.79 Å². The Kier molecular flexibility index (Phi) is 10.1. The average molecular weight is 464 g/mol. The smallest absolute Gasteiger partial charge is 0.222 e. The van der Waals surface area contributed by atoms with Crippen LogP contribution in [0.1, 0.15) is 71.6 Å². The topological polar surface area (TPSA) is 56.7 Å². The highest BCUT2D eigenvalue weighted by atomic mass is 127. The van der Waals surface area contributed by atoms with E-state index in [-0.39, 0.29) is 24.0 Å². The highest BCUT2D eigenvalue weighted by molar-refractivity contribution is 14.0. The number of carbonyl (C=O) groups excluding carboxylic acids is 1. The van der Waals surface area contributed by atoms with E-state index in [1.165, 1.54) is 32.1 Å². The zero-order valence-corrected chi connectivity index (χ0v) is 18.6. The van der Waals surface area contributed by atoms with Crippen molar-refractivity contribution >= 4 is 35.8 Å². The quantitative estimate of drug-likeness (QED) is 0.328. The summed E-state index contributed by atoms with van der Waals surface area (Å²) in [4.78, 5) is 18.4. The van der Waals surface area contributed by atoms with Crippen LogP contribution in [0.4, 0.5) is 0 Å². The van der Waals surface area contributed by atoms with Crippen LogP contribution >= 0.6 is 24.0 Å². The highest BCUT2D eigenvalue weighted by Gasteiger charge is 2.32. The fraction of sp³-hybridized carbons (Fsp3) is 0.895. The van der Waals surface area contributed by atoms with Gasteiger partial charge < -0.3 is 15.5 Å². The van der Waals surface area contributed by atoms with Gasteiger partial charge in [-0.15, -0.1) is 24.0 Å². The molecule has 1 amide bonds. The number of likely N-dealkylation sites (tertiary alicyclic amines) is 1. The van der Waals surface area contributed by atoms with Gasteiger partial charge in [-0.1, -0.05) is 26.7 Å². The number of hydrogen-bond donors (Lipinski definition) is 2. The molecule has 0 aromatic carbocycles. The summed E-state index contributed by atoms with van der Waals surface area (Å²) in [5.74, 6) is 1.23. The Labute approximate surface area is 170 Å². The molecule has 0 bridgehead atoms. The number of aliphatic imine (C=N–C) groups is 1. The molecule has 0 aromatic heterocycles. The van der Waals surface area contributed by atoms with Gasteiger partial charge in [0.1, 0.15) is 0 Å². The molecule has 2 fully saturated rings. The normalized spacial score (nSPS) is 21.2. The summed E-state index contributed by atoms with van der Waals surface area (Å²) in [5, 5.41) is 6.97. The van der Waals surface area contributed by atoms with E-state index in [2.05, 4.69) is 34.4 Å². The molecule has 2 aliphatic rings. The second-order valence-electron chi connectivity index (χ2n) is 7.45. The fourth-order valence-electron chi connectivity index (χ4n) is 4.26. The standard InChI is InChI=1S/C19H36N4O.HI/c1-4-16(23-14-8-9-17(23)24)10-13-21-18(20-3)22-15-19(5-2)11-6-7-12-19;/h16H,4-15H2,1-3H3,(H2,20,21,22);1H. The lowest BCUT2D eigenvalue weighted by Crippen LogP contribution is -2.44. The lowest BCUT2D eigenvalue weighted by atomic mass is 9.83. The highest BCUT2D eigenvalue weighted by Crippen LogP contribution is 2.40. The number of rotatable bonds is 8. The third kappa shape index (κ3) is 6.29. The maximum absolute atomic E-state index is 11.9. The van der Waals surface area contributed by atoms with Gasteiger partial charge in [0.15, 0.2) is 5.96 Å². The van der Waals surface area contributed by atoms with Gasteiger partial charge in [-0.05, 0) is 43.9 Å². The molecule has 6 heteroatoms. The van der Waals surface area contributed by atoms with Gasteiger partial charge in [-0.2, -0.15) is 0 Å². The first-order valence-electron chi connectivity index (χ1n) is 9.88. The monoisotopic (exact) mass is 464 g/mol. The molecule has 0 spiro atoms. The molecule has 1 heterocycles. The Morgan fingerprint density at radius 2 is 1.96 bits per heavy atom. The molecule has 5 nitrogen and oxygen atoms in total. The van der Waals surface area contributed by atoms with Crippen molar-refractivity contribution in [3.05, 3.63) is 0 Å². The maximum atomic E-state index is 11.9. The summed E-state index contributed by atoms with van der Waals surface area (Å²) in [6.07, 6.45) is 10.4. The minimum absolute atomic E-state index is 0. The van der Waals surface area contributed by atoms with Gasteiger partial charge in [-0.3, -0.25) is 9.79 Å². The Morgan fingerprint density at radius 1 is 1.24 bits per heavy atom. The van der Waals surface area contributed by atoms with Crippen molar-refractivity contribution in [3.63, 3.8) is 0 Å². The predicted molar refractivity (Wildman–Crippen MR) is 116 cm³/mol. The summed E-state index contributed by atoms with van der Waals surface area (Å²) < 4.78 is 0. The van der Waals surface area contributed by atoms with Crippen LogP contribution in [0.5, 0.6) is 0 Å². The molecule has 0 aromatic rings. The van der Waals surface area contributed by atoms with Crippen LogP contribution in [-0.4, -0.2) is 49.5 Å². The van der Waals surface area contributed by atoms with Crippen LogP contribution in [-0.2, 0) is 4.79 Å². The maximum Gasteiger partial charge on any atom is 0.222 e. The van der Waals surface area contributed by atoms with Gasteiger partial charge in [0.25, 0.3) is 0 Å². The molecule has 1 aliphatic heterocycles. The summed E-state index contributed by atoms with van der Waals surface area (Å²) in [7, 11) is 1.84. The third-order valence-electron chi connectivity index (χ3n) is 6.06. The average Bonchev–Trinajstić information content (AvgIpc) is 3.24. The summed E-state index contributed by atoms with van der Waals surface area (Å²) >= 11 is 0. The summed E-state index contributed by atoms with van der Waals surface area (Å²) in [5.41, 5.74) is 0.464. The summed E-state index contributed by atoms with van der Waals surface area (Å²) in [6, 6.07) is 0.363. The van der Waals surface area contributed by atoms with Gasteiger partial charge in [0.05, 0.1) is 0 Å². The van der Waals surface area contributed by atoms with Crippen molar-refractivity contribution in [1.82, 2.24) is 15.5 Å². The van der Waals surface area contributed by atoms with Crippen LogP contribution in [0.15, 0.2) is 4.99 Å². The molecule has 1 unspecified atom stereocenters. The van der Waals surface area contributed by atoms with Crippen molar-refractivity contribution in [1.29, 1.82) is 0 Å². The number of nitrogens with one attached hydrogen (secondary N) is 2. The zero-order valence-electron chi connectivity index (χ0n) is 16.3. The molecule has 1 saturated heterocycles. The number of amides is 1. The van der Waals surface area contributed by atoms with Gasteiger partial charge in [0, 0.05) is 39.1 Å². The second-order valence-corrected chi connectivity index (χ2v) is 7.45. The third-order valence-corrected chi connectivity index (χ3v) is 6.06. The molecule has 1 atom stereocenters. The molecular formula is C19H37IN4O. The Balaban J connectivity index is 0.00000312. The lowest BCUT2D eigenvalue weighted by Gasteiger charge is -2.29. The first-order chi connectivity index (χ1) is 11.6. The molecule has 146 valence electrons. The van der Waals surface area contributed by atoms with E-state index in [1.54, 1.807) is 0 Å². The molecule has 2 N–H and O–H groups in total. The molecule has 2 rings (SSSR count). The second kappa shape index (κ2) is 11.2. The van der Waals surface area contributed by atoms with E-state index in [9.17, 15) is 4.79 Å². The van der Waals surface area contributed by atoms with Gasteiger partial charge >= 0.3 is 0 Å². The van der Waals surface area contributed by atoms with Crippen molar-refractivity contribution in [3.8, 4) is 0 Å². The largest absolute Gasteiger partial charge is 0.356 e. The van der Waals surface area contributed by atoms with E-state index < -0.39 is 0 Å². The Hall–Kier alpha value is -0.530. The van der Waals surface area contributed by atoms with E-state index in [1.807, 2.05) is 7.05 Å².